The topological polar surface area (TPSA) is 9.23 Å². The lowest BCUT2D eigenvalue weighted by molar-refractivity contribution is 0.0568. The van der Waals surface area contributed by atoms with Gasteiger partial charge in [-0.25, -0.2) is 0 Å². The monoisotopic (exact) mass is 182 g/mol. The lowest BCUT2D eigenvalue weighted by atomic mass is 10.1. The van der Waals surface area contributed by atoms with Gasteiger partial charge < -0.3 is 4.74 Å². The lowest BCUT2D eigenvalue weighted by Gasteiger charge is -2.18. The molecule has 66 valence electrons. The van der Waals surface area contributed by atoms with Crippen LogP contribution in [0.25, 0.3) is 0 Å². The van der Waals surface area contributed by atoms with E-state index in [9.17, 15) is 0 Å². The van der Waals surface area contributed by atoms with E-state index in [0.717, 1.165) is 19.4 Å². The molecule has 2 heteroatoms. The quantitative estimate of drug-likeness (QED) is 0.649. The number of hydrogen-bond acceptors (Lipinski definition) is 2. The van der Waals surface area contributed by atoms with Crippen LogP contribution in [-0.2, 0) is 17.6 Å². The molecule has 1 aliphatic rings. The molecule has 2 heterocycles. The molecule has 0 bridgehead atoms. The van der Waals surface area contributed by atoms with Crippen LogP contribution in [-0.4, -0.2) is 6.61 Å². The predicted molar refractivity (Wildman–Crippen MR) is 51.8 cm³/mol. The Bertz CT molecular complexity index is 277. The molecule has 2 rings (SSSR count). The van der Waals surface area contributed by atoms with Crippen molar-refractivity contribution in [1.82, 2.24) is 0 Å². The van der Waals surface area contributed by atoms with E-state index in [1.165, 1.54) is 10.4 Å². The summed E-state index contributed by atoms with van der Waals surface area (Å²) >= 11 is 1.96. The van der Waals surface area contributed by atoms with Gasteiger partial charge in [0.15, 0.2) is 0 Å². The van der Waals surface area contributed by atoms with Gasteiger partial charge in [-0.2, -0.15) is 0 Å². The fourth-order valence-corrected chi connectivity index (χ4v) is 2.81. The molecule has 1 aromatic heterocycles. The van der Waals surface area contributed by atoms with E-state index >= 15 is 0 Å². The lowest BCUT2D eigenvalue weighted by Crippen LogP contribution is -2.10. The molecule has 0 saturated carbocycles. The van der Waals surface area contributed by atoms with Crippen molar-refractivity contribution in [2.75, 3.05) is 6.61 Å². The number of fused-ring (bicyclic) bond motifs is 1. The largest absolute Gasteiger partial charge is 0.373 e. The van der Waals surface area contributed by atoms with Gasteiger partial charge in [0.2, 0.25) is 0 Å². The van der Waals surface area contributed by atoms with Crippen molar-refractivity contribution in [3.05, 3.63) is 21.4 Å². The van der Waals surface area contributed by atoms with E-state index in [2.05, 4.69) is 19.9 Å². The molecule has 1 nitrogen and oxygen atoms in total. The van der Waals surface area contributed by atoms with Gasteiger partial charge in [0.05, 0.1) is 12.7 Å². The van der Waals surface area contributed by atoms with Crippen molar-refractivity contribution in [1.29, 1.82) is 0 Å². The molecule has 0 fully saturated rings. The van der Waals surface area contributed by atoms with Gasteiger partial charge >= 0.3 is 0 Å². The van der Waals surface area contributed by atoms with E-state index in [1.807, 2.05) is 11.3 Å². The van der Waals surface area contributed by atoms with E-state index < -0.39 is 0 Å². The maximum absolute atomic E-state index is 5.57. The molecular formula is C10H14OS. The molecule has 1 aliphatic heterocycles. The second kappa shape index (κ2) is 3.19. The molecule has 0 N–H and O–H groups in total. The van der Waals surface area contributed by atoms with E-state index in [4.69, 9.17) is 4.74 Å². The smallest absolute Gasteiger partial charge is 0.0807 e. The first kappa shape index (κ1) is 8.27. The van der Waals surface area contributed by atoms with Crippen LogP contribution in [0.15, 0.2) is 6.07 Å². The van der Waals surface area contributed by atoms with Crippen LogP contribution in [0.3, 0.4) is 0 Å². The van der Waals surface area contributed by atoms with Crippen LogP contribution in [0.1, 0.15) is 35.3 Å². The second-order valence-electron chi connectivity index (χ2n) is 3.21. The second-order valence-corrected chi connectivity index (χ2v) is 4.43. The van der Waals surface area contributed by atoms with Gasteiger partial charge in [0.1, 0.15) is 0 Å². The van der Waals surface area contributed by atoms with Crippen LogP contribution in [0.2, 0.25) is 0 Å². The number of hydrogen-bond donors (Lipinski definition) is 0. The van der Waals surface area contributed by atoms with Gasteiger partial charge in [0, 0.05) is 16.2 Å². The van der Waals surface area contributed by atoms with Crippen LogP contribution in [0.5, 0.6) is 0 Å². The van der Waals surface area contributed by atoms with Crippen molar-refractivity contribution in [3.8, 4) is 0 Å². The molecule has 0 saturated heterocycles. The predicted octanol–water partition coefficient (Wildman–Crippen LogP) is 2.94. The summed E-state index contributed by atoms with van der Waals surface area (Å²) < 4.78 is 5.57. The summed E-state index contributed by atoms with van der Waals surface area (Å²) in [5, 5.41) is 0. The number of aryl methyl sites for hydroxylation is 1. The Kier molecular flexibility index (Phi) is 2.20. The number of thiophene rings is 1. The Morgan fingerprint density at radius 2 is 2.50 bits per heavy atom. The van der Waals surface area contributed by atoms with Crippen molar-refractivity contribution in [3.63, 3.8) is 0 Å². The van der Waals surface area contributed by atoms with Gasteiger partial charge in [-0.15, -0.1) is 11.3 Å². The molecule has 0 amide bonds. The maximum atomic E-state index is 5.57. The molecule has 1 aromatic rings. The van der Waals surface area contributed by atoms with E-state index in [0.29, 0.717) is 6.10 Å². The van der Waals surface area contributed by atoms with Crippen molar-refractivity contribution in [2.45, 2.75) is 32.8 Å². The summed E-state index contributed by atoms with van der Waals surface area (Å²) in [6.07, 6.45) is 2.60. The third-order valence-corrected chi connectivity index (χ3v) is 3.73. The molecule has 0 unspecified atom stereocenters. The third kappa shape index (κ3) is 1.29. The summed E-state index contributed by atoms with van der Waals surface area (Å²) in [5.74, 6) is 0. The molecule has 0 spiro atoms. The van der Waals surface area contributed by atoms with Crippen LogP contribution >= 0.6 is 11.3 Å². The summed E-state index contributed by atoms with van der Waals surface area (Å²) in [6, 6.07) is 2.31. The maximum Gasteiger partial charge on any atom is 0.0807 e. The standard InChI is InChI=1S/C10H14OS/c1-3-8-6-9-7(2)11-5-4-10(9)12-8/h6-7H,3-5H2,1-2H3/t7-/m1/s1. The third-order valence-electron chi connectivity index (χ3n) is 2.38. The van der Waals surface area contributed by atoms with Crippen LogP contribution < -0.4 is 0 Å². The fraction of sp³-hybridized carbons (Fsp3) is 0.600. The first-order valence-electron chi connectivity index (χ1n) is 4.54. The highest BCUT2D eigenvalue weighted by Gasteiger charge is 2.19. The Labute approximate surface area is 77.4 Å². The van der Waals surface area contributed by atoms with Crippen molar-refractivity contribution < 1.29 is 4.74 Å². The Hall–Kier alpha value is -0.340. The van der Waals surface area contributed by atoms with Crippen LogP contribution in [0, 0.1) is 0 Å². The van der Waals surface area contributed by atoms with E-state index in [1.54, 1.807) is 4.88 Å². The molecule has 0 radical (unpaired) electrons. The highest BCUT2D eigenvalue weighted by Crippen LogP contribution is 2.33. The van der Waals surface area contributed by atoms with Crippen molar-refractivity contribution in [2.24, 2.45) is 0 Å². The minimum absolute atomic E-state index is 0.324. The summed E-state index contributed by atoms with van der Waals surface area (Å²) in [7, 11) is 0. The van der Waals surface area contributed by atoms with Crippen LogP contribution in [0.4, 0.5) is 0 Å². The first-order valence-corrected chi connectivity index (χ1v) is 5.36. The zero-order chi connectivity index (χ0) is 8.55. The summed E-state index contributed by atoms with van der Waals surface area (Å²) in [6.45, 7) is 5.25. The average molecular weight is 182 g/mol. The highest BCUT2D eigenvalue weighted by molar-refractivity contribution is 7.12. The average Bonchev–Trinajstić information content (AvgIpc) is 2.49. The molecular weight excluding hydrogens is 168 g/mol. The van der Waals surface area contributed by atoms with Gasteiger partial charge in [-0.05, 0) is 25.0 Å². The molecule has 0 aliphatic carbocycles. The van der Waals surface area contributed by atoms with Gasteiger partial charge in [-0.1, -0.05) is 6.92 Å². The zero-order valence-corrected chi connectivity index (χ0v) is 8.41. The zero-order valence-electron chi connectivity index (χ0n) is 7.59. The van der Waals surface area contributed by atoms with Crippen molar-refractivity contribution >= 4 is 11.3 Å². The number of ether oxygens (including phenoxy) is 1. The fourth-order valence-electron chi connectivity index (χ4n) is 1.63. The Morgan fingerprint density at radius 3 is 3.17 bits per heavy atom. The summed E-state index contributed by atoms with van der Waals surface area (Å²) in [4.78, 5) is 3.04. The SMILES string of the molecule is CCc1cc2c(s1)CCO[C@@H]2C. The normalized spacial score (nSPS) is 22.3. The Morgan fingerprint density at radius 1 is 1.67 bits per heavy atom. The number of rotatable bonds is 1. The highest BCUT2D eigenvalue weighted by atomic mass is 32.1. The summed E-state index contributed by atoms with van der Waals surface area (Å²) in [5.41, 5.74) is 1.43. The Balaban J connectivity index is 2.37. The molecule has 0 aromatic carbocycles. The minimum Gasteiger partial charge on any atom is -0.373 e. The first-order chi connectivity index (χ1) is 5.81. The van der Waals surface area contributed by atoms with E-state index in [-0.39, 0.29) is 0 Å². The minimum atomic E-state index is 0.324. The van der Waals surface area contributed by atoms with Gasteiger partial charge in [0.25, 0.3) is 0 Å². The molecule has 1 atom stereocenters. The van der Waals surface area contributed by atoms with Gasteiger partial charge in [-0.3, -0.25) is 0 Å². The molecule has 12 heavy (non-hydrogen) atoms.